The molecule has 0 amide bonds. The van der Waals surface area contributed by atoms with Crippen molar-refractivity contribution < 1.29 is 5.11 Å². The van der Waals surface area contributed by atoms with Crippen molar-refractivity contribution in [2.45, 2.75) is 13.0 Å². The largest absolute Gasteiger partial charge is 0.384 e. The van der Waals surface area contributed by atoms with Gasteiger partial charge in [-0.3, -0.25) is 4.98 Å². The Hall–Kier alpha value is -1.90. The van der Waals surface area contributed by atoms with Crippen LogP contribution < -0.4 is 0 Å². The highest BCUT2D eigenvalue weighted by molar-refractivity contribution is 6.31. The zero-order valence-electron chi connectivity index (χ0n) is 11.0. The first kappa shape index (κ1) is 13.1. The van der Waals surface area contributed by atoms with Crippen molar-refractivity contribution in [1.29, 1.82) is 0 Å². The Morgan fingerprint density at radius 1 is 1.05 bits per heavy atom. The molecule has 3 rings (SSSR count). The van der Waals surface area contributed by atoms with Crippen molar-refractivity contribution in [3.8, 4) is 0 Å². The van der Waals surface area contributed by atoms with Gasteiger partial charge in [0.25, 0.3) is 0 Å². The fourth-order valence-electron chi connectivity index (χ4n) is 2.29. The van der Waals surface area contributed by atoms with Gasteiger partial charge in [0.2, 0.25) is 0 Å². The van der Waals surface area contributed by atoms with E-state index in [1.807, 2.05) is 55.5 Å². The van der Waals surface area contributed by atoms with Gasteiger partial charge in [-0.05, 0) is 47.9 Å². The molecule has 3 heteroatoms. The van der Waals surface area contributed by atoms with E-state index in [4.69, 9.17) is 11.6 Å². The van der Waals surface area contributed by atoms with Crippen molar-refractivity contribution in [1.82, 2.24) is 4.98 Å². The lowest BCUT2D eigenvalue weighted by molar-refractivity contribution is 0.220. The van der Waals surface area contributed by atoms with Gasteiger partial charge in [-0.1, -0.05) is 35.9 Å². The second-order valence-corrected chi connectivity index (χ2v) is 5.27. The fourth-order valence-corrected chi connectivity index (χ4v) is 2.41. The number of halogens is 1. The highest BCUT2D eigenvalue weighted by Gasteiger charge is 2.12. The number of aliphatic hydroxyl groups is 1. The number of hydrogen-bond donors (Lipinski definition) is 1. The van der Waals surface area contributed by atoms with Crippen molar-refractivity contribution in [3.63, 3.8) is 0 Å². The topological polar surface area (TPSA) is 33.1 Å². The Bertz CT molecular complexity index is 770. The quantitative estimate of drug-likeness (QED) is 0.761. The minimum atomic E-state index is -0.657. The van der Waals surface area contributed by atoms with E-state index in [1.54, 1.807) is 6.20 Å². The van der Waals surface area contributed by atoms with Gasteiger partial charge in [-0.2, -0.15) is 0 Å². The van der Waals surface area contributed by atoms with Crippen LogP contribution >= 0.6 is 11.6 Å². The first-order chi connectivity index (χ1) is 9.65. The van der Waals surface area contributed by atoms with E-state index in [0.29, 0.717) is 5.02 Å². The smallest absolute Gasteiger partial charge is 0.104 e. The molecule has 2 nitrogen and oxygen atoms in total. The van der Waals surface area contributed by atoms with Gasteiger partial charge in [0.15, 0.2) is 0 Å². The summed E-state index contributed by atoms with van der Waals surface area (Å²) in [7, 11) is 0. The summed E-state index contributed by atoms with van der Waals surface area (Å²) in [5, 5.41) is 12.2. The number of pyridine rings is 1. The molecule has 0 saturated heterocycles. The zero-order valence-corrected chi connectivity index (χ0v) is 11.8. The molecule has 2 aromatic carbocycles. The molecule has 0 fully saturated rings. The number of aryl methyl sites for hydroxylation is 1. The van der Waals surface area contributed by atoms with Crippen LogP contribution in [0.15, 0.2) is 54.7 Å². The minimum Gasteiger partial charge on any atom is -0.384 e. The molecule has 0 radical (unpaired) electrons. The predicted octanol–water partition coefficient (Wildman–Crippen LogP) is 4.28. The summed E-state index contributed by atoms with van der Waals surface area (Å²) in [4.78, 5) is 4.28. The normalized spacial score (nSPS) is 12.6. The molecule has 1 N–H and O–H groups in total. The Balaban J connectivity index is 2.02. The third kappa shape index (κ3) is 2.40. The molecule has 0 aliphatic heterocycles. The highest BCUT2D eigenvalue weighted by Crippen LogP contribution is 2.27. The predicted molar refractivity (Wildman–Crippen MR) is 82.0 cm³/mol. The molecule has 1 aromatic heterocycles. The Kier molecular flexibility index (Phi) is 3.43. The van der Waals surface area contributed by atoms with Crippen LogP contribution in [0, 0.1) is 6.92 Å². The molecular formula is C17H14ClNO. The second kappa shape index (κ2) is 5.23. The lowest BCUT2D eigenvalue weighted by atomic mass is 9.98. The summed E-state index contributed by atoms with van der Waals surface area (Å²) in [5.74, 6) is 0. The first-order valence-electron chi connectivity index (χ1n) is 6.44. The summed E-state index contributed by atoms with van der Waals surface area (Å²) >= 11 is 6.02. The van der Waals surface area contributed by atoms with E-state index in [0.717, 1.165) is 27.6 Å². The molecule has 0 bridgehead atoms. The molecule has 20 heavy (non-hydrogen) atoms. The maximum absolute atomic E-state index is 10.5. The van der Waals surface area contributed by atoms with Crippen LogP contribution in [0.3, 0.4) is 0 Å². The van der Waals surface area contributed by atoms with Crippen molar-refractivity contribution >= 4 is 22.5 Å². The van der Waals surface area contributed by atoms with Crippen molar-refractivity contribution in [2.24, 2.45) is 0 Å². The highest BCUT2D eigenvalue weighted by atomic mass is 35.5. The van der Waals surface area contributed by atoms with E-state index in [1.165, 1.54) is 0 Å². The SMILES string of the molecule is Cc1cc(C(O)c2ccc3ncccc3c2)ccc1Cl. The number of aliphatic hydroxyl groups excluding tert-OH is 1. The summed E-state index contributed by atoms with van der Waals surface area (Å²) in [6.07, 6.45) is 1.11. The average molecular weight is 284 g/mol. The number of aromatic nitrogens is 1. The van der Waals surface area contributed by atoms with Crippen LogP contribution in [0.4, 0.5) is 0 Å². The van der Waals surface area contributed by atoms with E-state index >= 15 is 0 Å². The number of benzene rings is 2. The maximum atomic E-state index is 10.5. The molecule has 1 atom stereocenters. The Labute approximate surface area is 122 Å². The number of fused-ring (bicyclic) bond motifs is 1. The molecule has 1 heterocycles. The van der Waals surface area contributed by atoms with Gasteiger partial charge in [-0.15, -0.1) is 0 Å². The van der Waals surface area contributed by atoms with Gasteiger partial charge in [0.05, 0.1) is 5.52 Å². The molecule has 0 aliphatic rings. The summed E-state index contributed by atoms with van der Waals surface area (Å²) in [6, 6.07) is 15.3. The van der Waals surface area contributed by atoms with Crippen LogP contribution in [0.5, 0.6) is 0 Å². The van der Waals surface area contributed by atoms with E-state index < -0.39 is 6.10 Å². The third-order valence-electron chi connectivity index (χ3n) is 3.44. The first-order valence-corrected chi connectivity index (χ1v) is 6.82. The summed E-state index contributed by atoms with van der Waals surface area (Å²) in [5.41, 5.74) is 3.59. The lowest BCUT2D eigenvalue weighted by Crippen LogP contribution is -2.00. The fraction of sp³-hybridized carbons (Fsp3) is 0.118. The van der Waals surface area contributed by atoms with Gasteiger partial charge in [0, 0.05) is 16.6 Å². The maximum Gasteiger partial charge on any atom is 0.104 e. The standard InChI is InChI=1S/C17H14ClNO/c1-11-9-13(4-6-15(11)18)17(20)14-5-7-16-12(10-14)3-2-8-19-16/h2-10,17,20H,1H3. The van der Waals surface area contributed by atoms with Crippen LogP contribution in [-0.4, -0.2) is 10.1 Å². The molecule has 0 aliphatic carbocycles. The zero-order chi connectivity index (χ0) is 14.1. The van der Waals surface area contributed by atoms with E-state index in [-0.39, 0.29) is 0 Å². The van der Waals surface area contributed by atoms with Gasteiger partial charge in [0.1, 0.15) is 6.10 Å². The molecule has 0 spiro atoms. The Morgan fingerprint density at radius 3 is 2.60 bits per heavy atom. The molecule has 0 saturated carbocycles. The van der Waals surface area contributed by atoms with Gasteiger partial charge < -0.3 is 5.11 Å². The van der Waals surface area contributed by atoms with Crippen LogP contribution in [0.25, 0.3) is 10.9 Å². The molecule has 3 aromatic rings. The molecular weight excluding hydrogens is 270 g/mol. The van der Waals surface area contributed by atoms with E-state index in [2.05, 4.69) is 4.98 Å². The third-order valence-corrected chi connectivity index (χ3v) is 3.86. The van der Waals surface area contributed by atoms with E-state index in [9.17, 15) is 5.11 Å². The lowest BCUT2D eigenvalue weighted by Gasteiger charge is -2.13. The second-order valence-electron chi connectivity index (χ2n) is 4.87. The number of rotatable bonds is 2. The average Bonchev–Trinajstić information content (AvgIpc) is 2.49. The summed E-state index contributed by atoms with van der Waals surface area (Å²) in [6.45, 7) is 1.93. The van der Waals surface area contributed by atoms with Crippen molar-refractivity contribution in [3.05, 3.63) is 76.4 Å². The van der Waals surface area contributed by atoms with Gasteiger partial charge in [-0.25, -0.2) is 0 Å². The van der Waals surface area contributed by atoms with Crippen LogP contribution in [0.1, 0.15) is 22.8 Å². The number of nitrogens with zero attached hydrogens (tertiary/aromatic N) is 1. The number of hydrogen-bond acceptors (Lipinski definition) is 2. The molecule has 100 valence electrons. The monoisotopic (exact) mass is 283 g/mol. The van der Waals surface area contributed by atoms with Crippen molar-refractivity contribution in [2.75, 3.05) is 0 Å². The van der Waals surface area contributed by atoms with Crippen LogP contribution in [-0.2, 0) is 0 Å². The molecule has 1 unspecified atom stereocenters. The Morgan fingerprint density at radius 2 is 1.80 bits per heavy atom. The summed E-state index contributed by atoms with van der Waals surface area (Å²) < 4.78 is 0. The van der Waals surface area contributed by atoms with Gasteiger partial charge >= 0.3 is 0 Å². The van der Waals surface area contributed by atoms with Crippen LogP contribution in [0.2, 0.25) is 5.02 Å². The minimum absolute atomic E-state index is 0.657.